The second-order valence-corrected chi connectivity index (χ2v) is 8.36. The van der Waals surface area contributed by atoms with Gasteiger partial charge < -0.3 is 14.8 Å². The molecule has 1 N–H and O–H groups in total. The fourth-order valence-electron chi connectivity index (χ4n) is 3.03. The first-order valence-electron chi connectivity index (χ1n) is 9.25. The summed E-state index contributed by atoms with van der Waals surface area (Å²) in [5.74, 6) is 1.64. The number of fused-ring (bicyclic) bond motifs is 1. The number of benzene rings is 3. The van der Waals surface area contributed by atoms with E-state index in [0.717, 1.165) is 21.9 Å². The molecule has 0 saturated carbocycles. The van der Waals surface area contributed by atoms with Crippen molar-refractivity contribution in [2.45, 2.75) is 4.90 Å². The monoisotopic (exact) mass is 436 g/mol. The van der Waals surface area contributed by atoms with Gasteiger partial charge in [0.15, 0.2) is 5.13 Å². The molecule has 3 aromatic carbocycles. The summed E-state index contributed by atoms with van der Waals surface area (Å²) in [5, 5.41) is 7.68. The zero-order chi connectivity index (χ0) is 20.9. The van der Waals surface area contributed by atoms with E-state index in [1.54, 1.807) is 14.2 Å². The van der Waals surface area contributed by atoms with Gasteiger partial charge in [-0.2, -0.15) is 0 Å². The predicted octanol–water partition coefficient (Wildman–Crippen LogP) is 5.71. The van der Waals surface area contributed by atoms with Crippen molar-refractivity contribution in [3.05, 3.63) is 66.0 Å². The van der Waals surface area contributed by atoms with Crippen LogP contribution in [0.1, 0.15) is 0 Å². The molecule has 0 aliphatic heterocycles. The topological polar surface area (TPSA) is 60.5 Å². The van der Waals surface area contributed by atoms with E-state index < -0.39 is 0 Å². The van der Waals surface area contributed by atoms with E-state index in [9.17, 15) is 4.79 Å². The van der Waals surface area contributed by atoms with Crippen LogP contribution in [-0.4, -0.2) is 30.9 Å². The number of hydrogen-bond acceptors (Lipinski definition) is 6. The third-order valence-corrected chi connectivity index (χ3v) is 6.28. The van der Waals surface area contributed by atoms with Crippen molar-refractivity contribution >= 4 is 44.9 Å². The van der Waals surface area contributed by atoms with E-state index in [1.165, 1.54) is 33.9 Å². The molecule has 0 radical (unpaired) electrons. The second-order valence-electron chi connectivity index (χ2n) is 6.45. The number of carbonyl (C=O) groups excluding carboxylic acids is 1. The first kappa shape index (κ1) is 20.3. The van der Waals surface area contributed by atoms with Gasteiger partial charge in [0, 0.05) is 15.8 Å². The van der Waals surface area contributed by atoms with Crippen LogP contribution in [0.4, 0.5) is 5.13 Å². The summed E-state index contributed by atoms with van der Waals surface area (Å²) in [6.45, 7) is 0. The van der Waals surface area contributed by atoms with Crippen molar-refractivity contribution in [2.75, 3.05) is 25.3 Å². The van der Waals surface area contributed by atoms with Gasteiger partial charge in [-0.1, -0.05) is 30.3 Å². The molecule has 0 saturated heterocycles. The van der Waals surface area contributed by atoms with E-state index in [2.05, 4.69) is 34.6 Å². The number of anilines is 1. The number of amides is 1. The van der Waals surface area contributed by atoms with Crippen LogP contribution in [0, 0.1) is 0 Å². The van der Waals surface area contributed by atoms with Crippen molar-refractivity contribution in [1.82, 2.24) is 4.98 Å². The van der Waals surface area contributed by atoms with Crippen LogP contribution < -0.4 is 14.8 Å². The van der Waals surface area contributed by atoms with E-state index >= 15 is 0 Å². The number of rotatable bonds is 7. The first-order chi connectivity index (χ1) is 14.7. The SMILES string of the molecule is COc1ccc(OC)c(-c2csc(NC(=O)CSc3ccc4ccccc4c3)n2)c1. The largest absolute Gasteiger partial charge is 0.497 e. The fourth-order valence-corrected chi connectivity index (χ4v) is 4.50. The van der Waals surface area contributed by atoms with Gasteiger partial charge in [0.25, 0.3) is 0 Å². The molecule has 1 amide bonds. The van der Waals surface area contributed by atoms with Crippen LogP contribution in [0.3, 0.4) is 0 Å². The summed E-state index contributed by atoms with van der Waals surface area (Å²) in [7, 11) is 3.23. The Kier molecular flexibility index (Phi) is 6.21. The zero-order valence-corrected chi connectivity index (χ0v) is 18.2. The highest BCUT2D eigenvalue weighted by molar-refractivity contribution is 8.00. The van der Waals surface area contributed by atoms with Crippen LogP contribution in [0.15, 0.2) is 70.9 Å². The summed E-state index contributed by atoms with van der Waals surface area (Å²) in [6, 6.07) is 19.9. The number of hydrogen-bond donors (Lipinski definition) is 1. The average molecular weight is 437 g/mol. The molecule has 5 nitrogen and oxygen atoms in total. The number of methoxy groups -OCH3 is 2. The lowest BCUT2D eigenvalue weighted by molar-refractivity contribution is -0.113. The van der Waals surface area contributed by atoms with Crippen molar-refractivity contribution in [3.8, 4) is 22.8 Å². The molecular formula is C23H20N2O3S2. The summed E-state index contributed by atoms with van der Waals surface area (Å²) >= 11 is 2.89. The lowest BCUT2D eigenvalue weighted by atomic mass is 10.1. The van der Waals surface area contributed by atoms with Crippen LogP contribution in [0.5, 0.6) is 11.5 Å². The van der Waals surface area contributed by atoms with Gasteiger partial charge in [-0.05, 0) is 41.1 Å². The zero-order valence-electron chi connectivity index (χ0n) is 16.5. The smallest absolute Gasteiger partial charge is 0.236 e. The second kappa shape index (κ2) is 9.19. The maximum atomic E-state index is 12.4. The van der Waals surface area contributed by atoms with Crippen LogP contribution >= 0.6 is 23.1 Å². The number of carbonyl (C=O) groups is 1. The highest BCUT2D eigenvalue weighted by Crippen LogP contribution is 2.35. The Balaban J connectivity index is 1.41. The standard InChI is InChI=1S/C23H20N2O3S2/c1-27-17-8-10-21(28-2)19(12-17)20-13-30-23(24-20)25-22(26)14-29-18-9-7-15-5-3-4-6-16(15)11-18/h3-13H,14H2,1-2H3,(H,24,25,26). The van der Waals surface area contributed by atoms with Crippen molar-refractivity contribution < 1.29 is 14.3 Å². The Morgan fingerprint density at radius 2 is 1.87 bits per heavy atom. The van der Waals surface area contributed by atoms with E-state index in [0.29, 0.717) is 16.6 Å². The highest BCUT2D eigenvalue weighted by atomic mass is 32.2. The molecule has 0 aliphatic carbocycles. The Hall–Kier alpha value is -3.03. The third kappa shape index (κ3) is 4.58. The molecule has 4 aromatic rings. The molecule has 0 spiro atoms. The molecule has 0 atom stereocenters. The normalized spacial score (nSPS) is 10.7. The molecule has 1 aromatic heterocycles. The summed E-state index contributed by atoms with van der Waals surface area (Å²) in [4.78, 5) is 18.0. The number of ether oxygens (including phenoxy) is 2. The molecule has 4 rings (SSSR count). The van der Waals surface area contributed by atoms with Gasteiger partial charge in [-0.25, -0.2) is 4.98 Å². The lowest BCUT2D eigenvalue weighted by Crippen LogP contribution is -2.13. The van der Waals surface area contributed by atoms with Crippen LogP contribution in [0.2, 0.25) is 0 Å². The number of nitrogens with zero attached hydrogens (tertiary/aromatic N) is 1. The quantitative estimate of drug-likeness (QED) is 0.376. The Morgan fingerprint density at radius 1 is 1.03 bits per heavy atom. The summed E-state index contributed by atoms with van der Waals surface area (Å²) in [5.41, 5.74) is 1.55. The van der Waals surface area contributed by atoms with E-state index in [1.807, 2.05) is 41.8 Å². The van der Waals surface area contributed by atoms with Crippen molar-refractivity contribution in [1.29, 1.82) is 0 Å². The van der Waals surface area contributed by atoms with Gasteiger partial charge in [-0.15, -0.1) is 23.1 Å². The van der Waals surface area contributed by atoms with Gasteiger partial charge in [-0.3, -0.25) is 4.79 Å². The van der Waals surface area contributed by atoms with Gasteiger partial charge in [0.05, 0.1) is 25.7 Å². The first-order valence-corrected chi connectivity index (χ1v) is 11.1. The molecule has 0 unspecified atom stereocenters. The Bertz CT molecular complexity index is 1190. The number of thioether (sulfide) groups is 1. The number of thiazole rings is 1. The minimum absolute atomic E-state index is 0.0911. The molecule has 7 heteroatoms. The Labute approximate surface area is 183 Å². The lowest BCUT2D eigenvalue weighted by Gasteiger charge is -2.08. The van der Waals surface area contributed by atoms with E-state index in [-0.39, 0.29) is 5.91 Å². The fraction of sp³-hybridized carbons (Fsp3) is 0.130. The van der Waals surface area contributed by atoms with Gasteiger partial charge in [0.2, 0.25) is 5.91 Å². The van der Waals surface area contributed by atoms with Crippen molar-refractivity contribution in [3.63, 3.8) is 0 Å². The molecule has 152 valence electrons. The molecule has 0 fully saturated rings. The highest BCUT2D eigenvalue weighted by Gasteiger charge is 2.13. The number of aromatic nitrogens is 1. The maximum Gasteiger partial charge on any atom is 0.236 e. The van der Waals surface area contributed by atoms with Crippen LogP contribution in [-0.2, 0) is 4.79 Å². The number of nitrogens with one attached hydrogen (secondary N) is 1. The molecule has 0 aliphatic rings. The maximum absolute atomic E-state index is 12.4. The summed E-state index contributed by atoms with van der Waals surface area (Å²) in [6.07, 6.45) is 0. The van der Waals surface area contributed by atoms with E-state index in [4.69, 9.17) is 9.47 Å². The Morgan fingerprint density at radius 3 is 2.67 bits per heavy atom. The van der Waals surface area contributed by atoms with Crippen LogP contribution in [0.25, 0.3) is 22.0 Å². The predicted molar refractivity (Wildman–Crippen MR) is 124 cm³/mol. The summed E-state index contributed by atoms with van der Waals surface area (Å²) < 4.78 is 10.7. The minimum atomic E-state index is -0.0911. The third-order valence-electron chi connectivity index (χ3n) is 4.52. The van der Waals surface area contributed by atoms with Crippen molar-refractivity contribution in [2.24, 2.45) is 0 Å². The molecule has 1 heterocycles. The van der Waals surface area contributed by atoms with Gasteiger partial charge >= 0.3 is 0 Å². The molecule has 30 heavy (non-hydrogen) atoms. The molecule has 0 bridgehead atoms. The van der Waals surface area contributed by atoms with Gasteiger partial charge in [0.1, 0.15) is 11.5 Å². The molecular weight excluding hydrogens is 416 g/mol. The average Bonchev–Trinajstić information content (AvgIpc) is 3.25. The minimum Gasteiger partial charge on any atom is -0.497 e.